The van der Waals surface area contributed by atoms with Gasteiger partial charge < -0.3 is 14.6 Å². The molecular formula is C18H17FN2O2. The standard InChI is InChI=1S/C18H17FN2O2/c1-21-16-8-4-7-15(19)14(16)10-17(21)18(22)20-11-12-5-3-6-13(9-12)23-2/h3-10H,11H2,1-2H3,(H,20,22). The van der Waals surface area contributed by atoms with Crippen molar-refractivity contribution in [1.29, 1.82) is 0 Å². The van der Waals surface area contributed by atoms with Gasteiger partial charge in [0, 0.05) is 19.0 Å². The fraction of sp³-hybridized carbons (Fsp3) is 0.167. The number of rotatable bonds is 4. The number of benzene rings is 2. The molecule has 0 aliphatic rings. The van der Waals surface area contributed by atoms with Gasteiger partial charge in [-0.2, -0.15) is 0 Å². The van der Waals surface area contributed by atoms with Gasteiger partial charge in [0.1, 0.15) is 17.3 Å². The van der Waals surface area contributed by atoms with Crippen molar-refractivity contribution in [2.75, 3.05) is 7.11 Å². The molecule has 3 rings (SSSR count). The van der Waals surface area contributed by atoms with Crippen LogP contribution in [-0.2, 0) is 13.6 Å². The maximum Gasteiger partial charge on any atom is 0.268 e. The number of carbonyl (C=O) groups is 1. The Labute approximate surface area is 133 Å². The van der Waals surface area contributed by atoms with E-state index in [1.54, 1.807) is 36.9 Å². The van der Waals surface area contributed by atoms with Gasteiger partial charge in [0.2, 0.25) is 0 Å². The molecule has 0 aliphatic carbocycles. The fourth-order valence-electron chi connectivity index (χ4n) is 2.60. The van der Waals surface area contributed by atoms with E-state index in [-0.39, 0.29) is 11.7 Å². The first-order valence-corrected chi connectivity index (χ1v) is 7.25. The lowest BCUT2D eigenvalue weighted by Crippen LogP contribution is -2.24. The molecule has 3 aromatic rings. The Kier molecular flexibility index (Phi) is 4.02. The van der Waals surface area contributed by atoms with Crippen molar-refractivity contribution in [3.8, 4) is 5.75 Å². The first-order valence-electron chi connectivity index (χ1n) is 7.25. The van der Waals surface area contributed by atoms with E-state index in [2.05, 4.69) is 5.32 Å². The molecule has 5 heteroatoms. The molecular weight excluding hydrogens is 295 g/mol. The van der Waals surface area contributed by atoms with Gasteiger partial charge in [-0.05, 0) is 35.9 Å². The topological polar surface area (TPSA) is 43.3 Å². The molecule has 23 heavy (non-hydrogen) atoms. The first-order chi connectivity index (χ1) is 11.1. The van der Waals surface area contributed by atoms with Crippen molar-refractivity contribution in [2.24, 2.45) is 7.05 Å². The Morgan fingerprint density at radius 3 is 2.74 bits per heavy atom. The molecule has 1 amide bonds. The fourth-order valence-corrected chi connectivity index (χ4v) is 2.60. The summed E-state index contributed by atoms with van der Waals surface area (Å²) in [5.41, 5.74) is 2.05. The van der Waals surface area contributed by atoms with Gasteiger partial charge in [-0.3, -0.25) is 4.79 Å². The summed E-state index contributed by atoms with van der Waals surface area (Å²) in [7, 11) is 3.35. The van der Waals surface area contributed by atoms with Crippen molar-refractivity contribution >= 4 is 16.8 Å². The van der Waals surface area contributed by atoms with E-state index < -0.39 is 0 Å². The molecule has 2 aromatic carbocycles. The van der Waals surface area contributed by atoms with Crippen LogP contribution >= 0.6 is 0 Å². The maximum atomic E-state index is 13.8. The monoisotopic (exact) mass is 312 g/mol. The second-order valence-electron chi connectivity index (χ2n) is 5.30. The van der Waals surface area contributed by atoms with Crippen molar-refractivity contribution in [3.63, 3.8) is 0 Å². The van der Waals surface area contributed by atoms with Crippen LogP contribution < -0.4 is 10.1 Å². The third-order valence-corrected chi connectivity index (χ3v) is 3.85. The van der Waals surface area contributed by atoms with E-state index in [1.165, 1.54) is 6.07 Å². The minimum atomic E-state index is -0.329. The summed E-state index contributed by atoms with van der Waals surface area (Å²) < 4.78 is 20.7. The number of methoxy groups -OCH3 is 1. The zero-order valence-electron chi connectivity index (χ0n) is 13.0. The normalized spacial score (nSPS) is 10.7. The summed E-state index contributed by atoms with van der Waals surface area (Å²) >= 11 is 0. The number of amides is 1. The van der Waals surface area contributed by atoms with Crippen LogP contribution in [0.25, 0.3) is 10.9 Å². The molecule has 0 bridgehead atoms. The number of ether oxygens (including phenoxy) is 1. The Bertz CT molecular complexity index is 871. The van der Waals surface area contributed by atoms with Crippen molar-refractivity contribution < 1.29 is 13.9 Å². The highest BCUT2D eigenvalue weighted by molar-refractivity contribution is 5.98. The van der Waals surface area contributed by atoms with Crippen LogP contribution in [0.1, 0.15) is 16.1 Å². The number of nitrogens with one attached hydrogen (secondary N) is 1. The molecule has 1 aromatic heterocycles. The van der Waals surface area contributed by atoms with Crippen LogP contribution in [0, 0.1) is 5.82 Å². The quantitative estimate of drug-likeness (QED) is 0.803. The van der Waals surface area contributed by atoms with E-state index in [4.69, 9.17) is 4.74 Å². The average Bonchev–Trinajstić information content (AvgIpc) is 2.91. The highest BCUT2D eigenvalue weighted by atomic mass is 19.1. The average molecular weight is 312 g/mol. The van der Waals surface area contributed by atoms with Crippen LogP contribution in [0.5, 0.6) is 5.75 Å². The summed E-state index contributed by atoms with van der Waals surface area (Å²) in [6, 6.07) is 13.9. The molecule has 0 saturated heterocycles. The predicted octanol–water partition coefficient (Wildman–Crippen LogP) is 3.26. The largest absolute Gasteiger partial charge is 0.497 e. The third-order valence-electron chi connectivity index (χ3n) is 3.85. The Morgan fingerprint density at radius 1 is 1.22 bits per heavy atom. The molecule has 0 unspecified atom stereocenters. The summed E-state index contributed by atoms with van der Waals surface area (Å²) in [6.07, 6.45) is 0. The predicted molar refractivity (Wildman–Crippen MR) is 87.0 cm³/mol. The number of aromatic nitrogens is 1. The minimum Gasteiger partial charge on any atom is -0.497 e. The highest BCUT2D eigenvalue weighted by Gasteiger charge is 2.15. The van der Waals surface area contributed by atoms with Crippen molar-refractivity contribution in [1.82, 2.24) is 9.88 Å². The van der Waals surface area contributed by atoms with Gasteiger partial charge in [0.15, 0.2) is 0 Å². The number of hydrogen-bond donors (Lipinski definition) is 1. The SMILES string of the molecule is COc1cccc(CNC(=O)c2cc3c(F)cccc3n2C)c1. The minimum absolute atomic E-state index is 0.245. The van der Waals surface area contributed by atoms with Crippen molar-refractivity contribution in [2.45, 2.75) is 6.54 Å². The van der Waals surface area contributed by atoms with Crippen LogP contribution in [0.2, 0.25) is 0 Å². The number of carbonyl (C=O) groups excluding carboxylic acids is 1. The third kappa shape index (κ3) is 2.90. The Morgan fingerprint density at radius 2 is 2.00 bits per heavy atom. The number of hydrogen-bond acceptors (Lipinski definition) is 2. The van der Waals surface area contributed by atoms with Gasteiger partial charge in [0.25, 0.3) is 5.91 Å². The second-order valence-corrected chi connectivity index (χ2v) is 5.30. The number of nitrogens with zero attached hydrogens (tertiary/aromatic N) is 1. The molecule has 1 heterocycles. The van der Waals surface area contributed by atoms with Crippen molar-refractivity contribution in [3.05, 3.63) is 65.6 Å². The number of fused-ring (bicyclic) bond motifs is 1. The molecule has 0 aliphatic heterocycles. The van der Waals surface area contributed by atoms with Gasteiger partial charge in [0.05, 0.1) is 12.6 Å². The molecule has 1 N–H and O–H groups in total. The van der Waals surface area contributed by atoms with Crippen LogP contribution in [-0.4, -0.2) is 17.6 Å². The summed E-state index contributed by atoms with van der Waals surface area (Å²) in [5, 5.41) is 3.30. The zero-order chi connectivity index (χ0) is 16.4. The first kappa shape index (κ1) is 15.1. The summed E-state index contributed by atoms with van der Waals surface area (Å²) in [4.78, 5) is 12.4. The smallest absolute Gasteiger partial charge is 0.268 e. The Hall–Kier alpha value is -2.82. The summed E-state index contributed by atoms with van der Waals surface area (Å²) in [5.74, 6) is 0.166. The second kappa shape index (κ2) is 6.12. The zero-order valence-corrected chi connectivity index (χ0v) is 13.0. The maximum absolute atomic E-state index is 13.8. The van der Waals surface area contributed by atoms with Gasteiger partial charge in [-0.25, -0.2) is 4.39 Å². The van der Waals surface area contributed by atoms with E-state index >= 15 is 0 Å². The van der Waals surface area contributed by atoms with Gasteiger partial charge in [-0.1, -0.05) is 18.2 Å². The lowest BCUT2D eigenvalue weighted by molar-refractivity contribution is 0.0943. The Balaban J connectivity index is 1.81. The highest BCUT2D eigenvalue weighted by Crippen LogP contribution is 2.21. The van der Waals surface area contributed by atoms with E-state index in [9.17, 15) is 9.18 Å². The number of halogens is 1. The number of aryl methyl sites for hydroxylation is 1. The molecule has 118 valence electrons. The molecule has 0 spiro atoms. The lowest BCUT2D eigenvalue weighted by Gasteiger charge is -2.08. The van der Waals surface area contributed by atoms with Gasteiger partial charge >= 0.3 is 0 Å². The molecule has 0 atom stereocenters. The van der Waals surface area contributed by atoms with E-state index in [0.717, 1.165) is 11.3 Å². The lowest BCUT2D eigenvalue weighted by atomic mass is 10.2. The van der Waals surface area contributed by atoms with Crippen LogP contribution in [0.15, 0.2) is 48.5 Å². The van der Waals surface area contributed by atoms with Crippen LogP contribution in [0.4, 0.5) is 4.39 Å². The summed E-state index contributed by atoms with van der Waals surface area (Å²) in [6.45, 7) is 0.375. The van der Waals surface area contributed by atoms with E-state index in [1.807, 2.05) is 24.3 Å². The molecule has 0 radical (unpaired) electrons. The van der Waals surface area contributed by atoms with E-state index in [0.29, 0.717) is 23.1 Å². The van der Waals surface area contributed by atoms with Gasteiger partial charge in [-0.15, -0.1) is 0 Å². The van der Waals surface area contributed by atoms with Crippen LogP contribution in [0.3, 0.4) is 0 Å². The molecule has 0 saturated carbocycles. The molecule has 4 nitrogen and oxygen atoms in total. The molecule has 0 fully saturated rings.